The van der Waals surface area contributed by atoms with E-state index in [4.69, 9.17) is 4.42 Å². The van der Waals surface area contributed by atoms with E-state index in [1.165, 1.54) is 6.39 Å². The third kappa shape index (κ3) is 2.43. The van der Waals surface area contributed by atoms with Crippen LogP contribution in [0.1, 0.15) is 48.4 Å². The SMILES string of the molecule is Cc1ocnc1C(=O)N1CCC[C@@H]2[C@H]1CCCC(=O)N2C. The van der Waals surface area contributed by atoms with E-state index in [0.29, 0.717) is 17.9 Å². The quantitative estimate of drug-likeness (QED) is 0.788. The Balaban J connectivity index is 1.87. The van der Waals surface area contributed by atoms with Gasteiger partial charge in [-0.3, -0.25) is 9.59 Å². The van der Waals surface area contributed by atoms with Gasteiger partial charge in [-0.2, -0.15) is 0 Å². The highest BCUT2D eigenvalue weighted by Crippen LogP contribution is 2.30. The maximum atomic E-state index is 12.7. The monoisotopic (exact) mass is 291 g/mol. The van der Waals surface area contributed by atoms with E-state index in [1.807, 2.05) is 16.8 Å². The van der Waals surface area contributed by atoms with E-state index in [2.05, 4.69) is 4.98 Å². The molecule has 0 aromatic carbocycles. The lowest BCUT2D eigenvalue weighted by molar-refractivity contribution is -0.132. The summed E-state index contributed by atoms with van der Waals surface area (Å²) in [7, 11) is 1.86. The van der Waals surface area contributed by atoms with Crippen LogP contribution in [-0.2, 0) is 4.79 Å². The van der Waals surface area contributed by atoms with Crippen molar-refractivity contribution in [2.24, 2.45) is 0 Å². The van der Waals surface area contributed by atoms with Gasteiger partial charge in [-0.1, -0.05) is 0 Å². The topological polar surface area (TPSA) is 66.7 Å². The number of carbonyl (C=O) groups excluding carboxylic acids is 2. The van der Waals surface area contributed by atoms with Crippen molar-refractivity contribution in [3.8, 4) is 0 Å². The van der Waals surface area contributed by atoms with Gasteiger partial charge in [0.15, 0.2) is 12.1 Å². The van der Waals surface area contributed by atoms with E-state index in [9.17, 15) is 9.59 Å². The van der Waals surface area contributed by atoms with Gasteiger partial charge in [0.25, 0.3) is 5.91 Å². The molecule has 2 fully saturated rings. The smallest absolute Gasteiger partial charge is 0.276 e. The summed E-state index contributed by atoms with van der Waals surface area (Å²) in [6.07, 6.45) is 5.49. The van der Waals surface area contributed by atoms with Crippen LogP contribution in [-0.4, -0.2) is 52.3 Å². The Labute approximate surface area is 124 Å². The molecule has 2 saturated heterocycles. The molecule has 0 radical (unpaired) electrons. The van der Waals surface area contributed by atoms with Crippen molar-refractivity contribution in [2.45, 2.75) is 51.1 Å². The molecular weight excluding hydrogens is 270 g/mol. The van der Waals surface area contributed by atoms with Crippen LogP contribution in [0.2, 0.25) is 0 Å². The van der Waals surface area contributed by atoms with Crippen LogP contribution in [0.3, 0.4) is 0 Å². The summed E-state index contributed by atoms with van der Waals surface area (Å²) in [5, 5.41) is 0. The number of aromatic nitrogens is 1. The van der Waals surface area contributed by atoms with Gasteiger partial charge < -0.3 is 14.2 Å². The number of aryl methyl sites for hydroxylation is 1. The molecule has 3 heterocycles. The Kier molecular flexibility index (Phi) is 3.69. The van der Waals surface area contributed by atoms with Gasteiger partial charge in [-0.05, 0) is 32.6 Å². The van der Waals surface area contributed by atoms with Crippen molar-refractivity contribution >= 4 is 11.8 Å². The lowest BCUT2D eigenvalue weighted by atomic mass is 9.92. The Bertz CT molecular complexity index is 554. The minimum absolute atomic E-state index is 0.0706. The van der Waals surface area contributed by atoms with Gasteiger partial charge in [0.1, 0.15) is 5.76 Å². The number of hydrogen-bond donors (Lipinski definition) is 0. The second-order valence-corrected chi connectivity index (χ2v) is 5.93. The van der Waals surface area contributed by atoms with Crippen molar-refractivity contribution in [1.82, 2.24) is 14.8 Å². The molecule has 1 aromatic rings. The second-order valence-electron chi connectivity index (χ2n) is 5.93. The first kappa shape index (κ1) is 14.1. The molecule has 0 N–H and O–H groups in total. The van der Waals surface area contributed by atoms with Gasteiger partial charge in [0, 0.05) is 20.0 Å². The van der Waals surface area contributed by atoms with Crippen molar-refractivity contribution < 1.29 is 14.0 Å². The highest BCUT2D eigenvalue weighted by Gasteiger charge is 2.40. The summed E-state index contributed by atoms with van der Waals surface area (Å²) in [6, 6.07) is 0.226. The Morgan fingerprint density at radius 1 is 1.33 bits per heavy atom. The zero-order valence-corrected chi connectivity index (χ0v) is 12.5. The molecule has 0 unspecified atom stereocenters. The number of oxazole rings is 1. The van der Waals surface area contributed by atoms with Gasteiger partial charge >= 0.3 is 0 Å². The zero-order valence-electron chi connectivity index (χ0n) is 12.5. The predicted molar refractivity (Wildman–Crippen MR) is 75.7 cm³/mol. The van der Waals surface area contributed by atoms with Crippen LogP contribution < -0.4 is 0 Å². The Morgan fingerprint density at radius 2 is 2.10 bits per heavy atom. The lowest BCUT2D eigenvalue weighted by Gasteiger charge is -2.43. The number of amides is 2. The third-order valence-corrected chi connectivity index (χ3v) is 4.73. The van der Waals surface area contributed by atoms with E-state index in [1.54, 1.807) is 6.92 Å². The maximum absolute atomic E-state index is 12.7. The van der Waals surface area contributed by atoms with Gasteiger partial charge in [-0.15, -0.1) is 0 Å². The summed E-state index contributed by atoms with van der Waals surface area (Å²) in [6.45, 7) is 2.48. The fourth-order valence-corrected chi connectivity index (χ4v) is 3.56. The van der Waals surface area contributed by atoms with Crippen LogP contribution in [0.4, 0.5) is 0 Å². The van der Waals surface area contributed by atoms with Gasteiger partial charge in [-0.25, -0.2) is 4.98 Å². The first-order chi connectivity index (χ1) is 10.1. The number of likely N-dealkylation sites (tertiary alicyclic amines) is 2. The number of hydrogen-bond acceptors (Lipinski definition) is 4. The first-order valence-corrected chi connectivity index (χ1v) is 7.56. The lowest BCUT2D eigenvalue weighted by Crippen LogP contribution is -2.56. The molecule has 2 aliphatic rings. The first-order valence-electron chi connectivity index (χ1n) is 7.56. The largest absolute Gasteiger partial charge is 0.448 e. The number of carbonyl (C=O) groups is 2. The minimum atomic E-state index is -0.0706. The number of fused-ring (bicyclic) bond motifs is 1. The van der Waals surface area contributed by atoms with Crippen LogP contribution in [0.25, 0.3) is 0 Å². The highest BCUT2D eigenvalue weighted by molar-refractivity contribution is 5.93. The number of piperidine rings is 1. The molecule has 1 aromatic heterocycles. The number of rotatable bonds is 1. The van der Waals surface area contributed by atoms with Crippen LogP contribution in [0.5, 0.6) is 0 Å². The van der Waals surface area contributed by atoms with Crippen molar-refractivity contribution in [2.75, 3.05) is 13.6 Å². The molecule has 6 nitrogen and oxygen atoms in total. The minimum Gasteiger partial charge on any atom is -0.448 e. The normalized spacial score (nSPS) is 26.5. The number of likely N-dealkylation sites (N-methyl/N-ethyl adjacent to an activating group) is 1. The average molecular weight is 291 g/mol. The van der Waals surface area contributed by atoms with E-state index >= 15 is 0 Å². The molecule has 21 heavy (non-hydrogen) atoms. The van der Waals surface area contributed by atoms with E-state index in [0.717, 1.165) is 32.2 Å². The predicted octanol–water partition coefficient (Wildman–Crippen LogP) is 1.60. The second kappa shape index (κ2) is 5.50. The van der Waals surface area contributed by atoms with E-state index < -0.39 is 0 Å². The fraction of sp³-hybridized carbons (Fsp3) is 0.667. The summed E-state index contributed by atoms with van der Waals surface area (Å²) < 4.78 is 5.15. The molecular formula is C15H21N3O3. The van der Waals surface area contributed by atoms with E-state index in [-0.39, 0.29) is 23.9 Å². The third-order valence-electron chi connectivity index (χ3n) is 4.73. The molecule has 0 aliphatic carbocycles. The van der Waals surface area contributed by atoms with Gasteiger partial charge in [0.2, 0.25) is 5.91 Å². The maximum Gasteiger partial charge on any atom is 0.276 e. The number of nitrogens with zero attached hydrogens (tertiary/aromatic N) is 3. The molecule has 3 rings (SSSR count). The summed E-state index contributed by atoms with van der Waals surface area (Å²) >= 11 is 0. The molecule has 2 amide bonds. The Hall–Kier alpha value is -1.85. The highest BCUT2D eigenvalue weighted by atomic mass is 16.3. The molecule has 6 heteroatoms. The molecule has 0 saturated carbocycles. The van der Waals surface area contributed by atoms with Crippen LogP contribution in [0, 0.1) is 6.92 Å². The standard InChI is InChI=1S/C15H21N3O3/c1-10-14(16-9-21-10)15(20)18-8-4-6-11-12(18)5-3-7-13(19)17(11)2/h9,11-12H,3-8H2,1-2H3/t11-,12-/m1/s1. The molecule has 0 bridgehead atoms. The molecule has 2 aliphatic heterocycles. The Morgan fingerprint density at radius 3 is 2.81 bits per heavy atom. The van der Waals surface area contributed by atoms with Crippen LogP contribution >= 0.6 is 0 Å². The van der Waals surface area contributed by atoms with Crippen molar-refractivity contribution in [1.29, 1.82) is 0 Å². The molecule has 2 atom stereocenters. The molecule has 114 valence electrons. The average Bonchev–Trinajstić information content (AvgIpc) is 2.85. The summed E-state index contributed by atoms with van der Waals surface area (Å²) in [5.74, 6) is 0.674. The summed E-state index contributed by atoms with van der Waals surface area (Å²) in [5.41, 5.74) is 0.397. The molecule has 0 spiro atoms. The van der Waals surface area contributed by atoms with Gasteiger partial charge in [0.05, 0.1) is 12.1 Å². The summed E-state index contributed by atoms with van der Waals surface area (Å²) in [4.78, 5) is 32.5. The van der Waals surface area contributed by atoms with Crippen molar-refractivity contribution in [3.63, 3.8) is 0 Å². The van der Waals surface area contributed by atoms with Crippen LogP contribution in [0.15, 0.2) is 10.8 Å². The van der Waals surface area contributed by atoms with Crippen molar-refractivity contribution in [3.05, 3.63) is 17.8 Å². The zero-order chi connectivity index (χ0) is 15.0. The fourth-order valence-electron chi connectivity index (χ4n) is 3.56.